The largest absolute Gasteiger partial charge is 0.395 e. The zero-order valence-electron chi connectivity index (χ0n) is 12.0. The van der Waals surface area contributed by atoms with Gasteiger partial charge in [0.25, 0.3) is 0 Å². The maximum Gasteiger partial charge on any atom is 0.246 e. The molecule has 0 radical (unpaired) electrons. The number of hydrogen-bond acceptors (Lipinski definition) is 3. The van der Waals surface area contributed by atoms with Crippen molar-refractivity contribution in [2.45, 2.75) is 6.42 Å². The Balaban J connectivity index is 1.93. The summed E-state index contributed by atoms with van der Waals surface area (Å²) in [7, 11) is 0. The van der Waals surface area contributed by atoms with Crippen LogP contribution in [0.2, 0.25) is 5.02 Å². The van der Waals surface area contributed by atoms with Crippen LogP contribution in [0.3, 0.4) is 0 Å². The minimum absolute atomic E-state index is 0.0146. The van der Waals surface area contributed by atoms with Crippen LogP contribution in [0.4, 0.5) is 0 Å². The lowest BCUT2D eigenvalue weighted by Crippen LogP contribution is -2.35. The topological polar surface area (TPSA) is 43.8 Å². The standard InChI is InChI=1S/C16H21ClN2O2/c17-15-5-2-1-4-14(15)6-7-16(21)19-9-3-8-18(10-11-19)12-13-20/h1-2,4-7,20H,3,8-13H2. The van der Waals surface area contributed by atoms with Gasteiger partial charge in [0.1, 0.15) is 0 Å². The minimum atomic E-state index is 0.0146. The quantitative estimate of drug-likeness (QED) is 0.864. The summed E-state index contributed by atoms with van der Waals surface area (Å²) in [5, 5.41) is 9.62. The summed E-state index contributed by atoms with van der Waals surface area (Å²) >= 11 is 6.07. The lowest BCUT2D eigenvalue weighted by atomic mass is 10.2. The molecule has 5 heteroatoms. The highest BCUT2D eigenvalue weighted by molar-refractivity contribution is 6.32. The predicted molar refractivity (Wildman–Crippen MR) is 85.2 cm³/mol. The van der Waals surface area contributed by atoms with Gasteiger partial charge in [-0.1, -0.05) is 29.8 Å². The summed E-state index contributed by atoms with van der Waals surface area (Å²) in [6, 6.07) is 7.46. The van der Waals surface area contributed by atoms with Gasteiger partial charge in [-0.25, -0.2) is 0 Å². The molecule has 1 aromatic carbocycles. The average Bonchev–Trinajstić information content (AvgIpc) is 2.72. The lowest BCUT2D eigenvalue weighted by Gasteiger charge is -2.20. The van der Waals surface area contributed by atoms with E-state index in [4.69, 9.17) is 16.7 Å². The Hall–Kier alpha value is -1.36. The molecular formula is C16H21ClN2O2. The Morgan fingerprint density at radius 2 is 2.05 bits per heavy atom. The van der Waals surface area contributed by atoms with Crippen molar-refractivity contribution in [3.63, 3.8) is 0 Å². The van der Waals surface area contributed by atoms with Gasteiger partial charge in [0.2, 0.25) is 5.91 Å². The van der Waals surface area contributed by atoms with Gasteiger partial charge in [-0.3, -0.25) is 9.69 Å². The highest BCUT2D eigenvalue weighted by atomic mass is 35.5. The fourth-order valence-corrected chi connectivity index (χ4v) is 2.63. The van der Waals surface area contributed by atoms with Crippen LogP contribution >= 0.6 is 11.6 Å². The second kappa shape index (κ2) is 8.17. The molecule has 0 bridgehead atoms. The summed E-state index contributed by atoms with van der Waals surface area (Å²) < 4.78 is 0. The van der Waals surface area contributed by atoms with Crippen molar-refractivity contribution in [3.05, 3.63) is 40.9 Å². The van der Waals surface area contributed by atoms with Crippen molar-refractivity contribution in [1.82, 2.24) is 9.80 Å². The van der Waals surface area contributed by atoms with Crippen LogP contribution in [0.15, 0.2) is 30.3 Å². The number of nitrogens with zero attached hydrogens (tertiary/aromatic N) is 2. The third-order valence-electron chi connectivity index (χ3n) is 3.63. The van der Waals surface area contributed by atoms with E-state index in [9.17, 15) is 4.79 Å². The van der Waals surface area contributed by atoms with Gasteiger partial charge in [-0.2, -0.15) is 0 Å². The Morgan fingerprint density at radius 3 is 2.81 bits per heavy atom. The minimum Gasteiger partial charge on any atom is -0.395 e. The predicted octanol–water partition coefficient (Wildman–Crippen LogP) is 1.88. The van der Waals surface area contributed by atoms with Crippen LogP contribution < -0.4 is 0 Å². The number of carbonyl (C=O) groups excluding carboxylic acids is 1. The summed E-state index contributed by atoms with van der Waals surface area (Å²) in [5.74, 6) is 0.0146. The molecule has 1 aromatic rings. The number of rotatable bonds is 4. The van der Waals surface area contributed by atoms with Crippen molar-refractivity contribution in [1.29, 1.82) is 0 Å². The van der Waals surface area contributed by atoms with E-state index in [0.717, 1.165) is 31.6 Å². The van der Waals surface area contributed by atoms with E-state index in [-0.39, 0.29) is 12.5 Å². The van der Waals surface area contributed by atoms with Gasteiger partial charge >= 0.3 is 0 Å². The molecule has 0 spiro atoms. The zero-order valence-corrected chi connectivity index (χ0v) is 12.8. The molecule has 0 aliphatic carbocycles. The van der Waals surface area contributed by atoms with E-state index < -0.39 is 0 Å². The third-order valence-corrected chi connectivity index (χ3v) is 3.97. The van der Waals surface area contributed by atoms with Crippen molar-refractivity contribution >= 4 is 23.6 Å². The Labute approximate surface area is 130 Å². The maximum atomic E-state index is 12.2. The Bertz CT molecular complexity index is 505. The van der Waals surface area contributed by atoms with Gasteiger partial charge in [-0.05, 0) is 30.7 Å². The number of carbonyl (C=O) groups is 1. The molecule has 1 aliphatic rings. The third kappa shape index (κ3) is 4.84. The molecule has 1 fully saturated rings. The first-order valence-corrected chi connectivity index (χ1v) is 7.63. The first-order chi connectivity index (χ1) is 10.2. The van der Waals surface area contributed by atoms with Crippen molar-refractivity contribution in [3.8, 4) is 0 Å². The first-order valence-electron chi connectivity index (χ1n) is 7.25. The summed E-state index contributed by atoms with van der Waals surface area (Å²) in [4.78, 5) is 16.3. The molecule has 1 saturated heterocycles. The maximum absolute atomic E-state index is 12.2. The van der Waals surface area contributed by atoms with E-state index in [1.807, 2.05) is 29.2 Å². The molecule has 21 heavy (non-hydrogen) atoms. The van der Waals surface area contributed by atoms with E-state index in [1.54, 1.807) is 12.2 Å². The average molecular weight is 309 g/mol. The molecule has 1 heterocycles. The van der Waals surface area contributed by atoms with Gasteiger partial charge < -0.3 is 10.0 Å². The lowest BCUT2D eigenvalue weighted by molar-refractivity contribution is -0.125. The Morgan fingerprint density at radius 1 is 1.24 bits per heavy atom. The number of aliphatic hydroxyl groups excluding tert-OH is 1. The molecule has 4 nitrogen and oxygen atoms in total. The molecule has 1 amide bonds. The van der Waals surface area contributed by atoms with E-state index >= 15 is 0 Å². The number of benzene rings is 1. The highest BCUT2D eigenvalue weighted by Gasteiger charge is 2.16. The smallest absolute Gasteiger partial charge is 0.246 e. The highest BCUT2D eigenvalue weighted by Crippen LogP contribution is 2.16. The molecule has 0 saturated carbocycles. The van der Waals surface area contributed by atoms with Crippen molar-refractivity contribution in [2.75, 3.05) is 39.3 Å². The number of β-amino-alcohol motifs (C(OH)–C–C–N with tert-alkyl or cyclic N) is 1. The van der Waals surface area contributed by atoms with Gasteiger partial charge in [0.05, 0.1) is 6.61 Å². The second-order valence-corrected chi connectivity index (χ2v) is 5.51. The number of hydrogen-bond donors (Lipinski definition) is 1. The fraction of sp³-hybridized carbons (Fsp3) is 0.438. The molecule has 1 aliphatic heterocycles. The molecule has 0 atom stereocenters. The van der Waals surface area contributed by atoms with Crippen LogP contribution in [0.5, 0.6) is 0 Å². The SMILES string of the molecule is O=C(C=Cc1ccccc1Cl)N1CCCN(CCO)CC1. The molecule has 114 valence electrons. The van der Waals surface area contributed by atoms with E-state index in [2.05, 4.69) is 4.90 Å². The van der Waals surface area contributed by atoms with Crippen LogP contribution in [0.1, 0.15) is 12.0 Å². The van der Waals surface area contributed by atoms with E-state index in [1.165, 1.54) is 0 Å². The van der Waals surface area contributed by atoms with Crippen LogP contribution in [-0.4, -0.2) is 60.1 Å². The van der Waals surface area contributed by atoms with Crippen LogP contribution in [0, 0.1) is 0 Å². The number of halogens is 1. The molecule has 1 N–H and O–H groups in total. The van der Waals surface area contributed by atoms with Crippen molar-refractivity contribution in [2.24, 2.45) is 0 Å². The summed E-state index contributed by atoms with van der Waals surface area (Å²) in [6.45, 7) is 4.04. The molecular weight excluding hydrogens is 288 g/mol. The second-order valence-electron chi connectivity index (χ2n) is 5.10. The monoisotopic (exact) mass is 308 g/mol. The van der Waals surface area contributed by atoms with Crippen molar-refractivity contribution < 1.29 is 9.90 Å². The van der Waals surface area contributed by atoms with Crippen LogP contribution in [-0.2, 0) is 4.79 Å². The van der Waals surface area contributed by atoms with Gasteiger partial charge in [0, 0.05) is 37.3 Å². The summed E-state index contributed by atoms with van der Waals surface area (Å²) in [6.07, 6.45) is 4.29. The zero-order chi connectivity index (χ0) is 15.1. The molecule has 0 unspecified atom stereocenters. The summed E-state index contributed by atoms with van der Waals surface area (Å²) in [5.41, 5.74) is 0.851. The van der Waals surface area contributed by atoms with E-state index in [0.29, 0.717) is 18.1 Å². The van der Waals surface area contributed by atoms with Crippen LogP contribution in [0.25, 0.3) is 6.08 Å². The van der Waals surface area contributed by atoms with Gasteiger partial charge in [-0.15, -0.1) is 0 Å². The number of aliphatic hydroxyl groups is 1. The number of amides is 1. The fourth-order valence-electron chi connectivity index (χ4n) is 2.43. The Kier molecular flexibility index (Phi) is 6.23. The molecule has 2 rings (SSSR count). The van der Waals surface area contributed by atoms with Gasteiger partial charge in [0.15, 0.2) is 0 Å². The first kappa shape index (κ1) is 16.0. The molecule has 0 aromatic heterocycles. The normalized spacial score (nSPS) is 17.1.